The summed E-state index contributed by atoms with van der Waals surface area (Å²) in [5.74, 6) is -0.0291. The second-order valence-corrected chi connectivity index (χ2v) is 5.16. The summed E-state index contributed by atoms with van der Waals surface area (Å²) >= 11 is 0. The van der Waals surface area contributed by atoms with Crippen molar-refractivity contribution < 1.29 is 9.59 Å². The van der Waals surface area contributed by atoms with Gasteiger partial charge in [-0.25, -0.2) is 0 Å². The molecule has 0 fully saturated rings. The van der Waals surface area contributed by atoms with Gasteiger partial charge in [0.25, 0.3) is 0 Å². The second kappa shape index (κ2) is 6.01. The molecule has 18 heavy (non-hydrogen) atoms. The molecule has 0 aliphatic carbocycles. The van der Waals surface area contributed by atoms with E-state index in [4.69, 9.17) is 0 Å². The van der Waals surface area contributed by atoms with Gasteiger partial charge in [0, 0.05) is 5.90 Å². The maximum absolute atomic E-state index is 12.1. The number of aryl methyl sites for hydroxylation is 2. The highest BCUT2D eigenvalue weighted by molar-refractivity contribution is 5.77. The van der Waals surface area contributed by atoms with Crippen molar-refractivity contribution in [3.8, 4) is 0 Å². The van der Waals surface area contributed by atoms with Gasteiger partial charge in [0.2, 0.25) is 0 Å². The van der Waals surface area contributed by atoms with Gasteiger partial charge in [0.1, 0.15) is 6.54 Å². The van der Waals surface area contributed by atoms with Gasteiger partial charge >= 0.3 is 0 Å². The monoisotopic (exact) mass is 248 g/mol. The highest BCUT2D eigenvalue weighted by atomic mass is 16.3. The number of aliphatic imine (C=N–C) groups is 1. The van der Waals surface area contributed by atoms with Crippen molar-refractivity contribution in [1.29, 1.82) is 0 Å². The van der Waals surface area contributed by atoms with Gasteiger partial charge < -0.3 is 9.59 Å². The minimum Gasteiger partial charge on any atom is -0.858 e. The maximum atomic E-state index is 12.1. The van der Waals surface area contributed by atoms with Crippen LogP contribution >= 0.6 is 0 Å². The second-order valence-electron chi connectivity index (χ2n) is 5.16. The van der Waals surface area contributed by atoms with Crippen LogP contribution in [0.15, 0.2) is 23.2 Å². The lowest BCUT2D eigenvalue weighted by molar-refractivity contribution is -0.899. The quantitative estimate of drug-likeness (QED) is 0.447. The summed E-state index contributed by atoms with van der Waals surface area (Å²) in [5.41, 5.74) is 2.96. The van der Waals surface area contributed by atoms with Crippen molar-refractivity contribution in [2.45, 2.75) is 27.7 Å². The zero-order valence-electron chi connectivity index (χ0n) is 12.2. The third-order valence-electron chi connectivity index (χ3n) is 3.72. The Kier molecular flexibility index (Phi) is 4.91. The molecule has 0 spiro atoms. The normalized spacial score (nSPS) is 12.8. The maximum Gasteiger partial charge on any atom is 0.107 e. The first kappa shape index (κ1) is 14.7. The number of quaternary nitrogens is 1. The smallest absolute Gasteiger partial charge is 0.107 e. The zero-order chi connectivity index (χ0) is 13.8. The zero-order valence-corrected chi connectivity index (χ0v) is 12.2. The number of para-hydroxylation sites is 1. The van der Waals surface area contributed by atoms with Crippen LogP contribution in [-0.4, -0.2) is 37.1 Å². The van der Waals surface area contributed by atoms with Gasteiger partial charge in [-0.05, 0) is 38.8 Å². The lowest BCUT2D eigenvalue weighted by atomic mass is 10.1. The van der Waals surface area contributed by atoms with Crippen molar-refractivity contribution in [3.05, 3.63) is 29.3 Å². The Bertz CT molecular complexity index is 414. The van der Waals surface area contributed by atoms with Gasteiger partial charge in [0.15, 0.2) is 0 Å². The van der Waals surface area contributed by atoms with Gasteiger partial charge in [-0.15, -0.1) is 0 Å². The Labute approximate surface area is 110 Å². The van der Waals surface area contributed by atoms with Crippen molar-refractivity contribution in [3.63, 3.8) is 0 Å². The van der Waals surface area contributed by atoms with Crippen LogP contribution in [0, 0.1) is 13.8 Å². The van der Waals surface area contributed by atoms with Gasteiger partial charge in [0.05, 0.1) is 25.8 Å². The van der Waals surface area contributed by atoms with Crippen molar-refractivity contribution in [2.24, 2.45) is 4.99 Å². The molecule has 0 amide bonds. The molecule has 0 saturated heterocycles. The highest BCUT2D eigenvalue weighted by Crippen LogP contribution is 2.22. The lowest BCUT2D eigenvalue weighted by Gasteiger charge is -2.34. The van der Waals surface area contributed by atoms with Crippen LogP contribution in [0.1, 0.15) is 25.0 Å². The average molecular weight is 248 g/mol. The third-order valence-corrected chi connectivity index (χ3v) is 3.72. The number of rotatable bonds is 5. The van der Waals surface area contributed by atoms with Gasteiger partial charge in [-0.3, -0.25) is 4.99 Å². The topological polar surface area (TPSA) is 35.4 Å². The fourth-order valence-corrected chi connectivity index (χ4v) is 1.92. The van der Waals surface area contributed by atoms with E-state index in [1.807, 2.05) is 32.0 Å². The molecule has 1 aromatic rings. The Morgan fingerprint density at radius 2 is 1.67 bits per heavy atom. The van der Waals surface area contributed by atoms with Crippen molar-refractivity contribution in [1.82, 2.24) is 0 Å². The fourth-order valence-electron chi connectivity index (χ4n) is 1.92. The van der Waals surface area contributed by atoms with Crippen LogP contribution in [0.4, 0.5) is 5.69 Å². The number of benzene rings is 1. The molecule has 0 atom stereocenters. The number of likely N-dealkylation sites (N-methyl/N-ethyl adjacent to an activating group) is 1. The van der Waals surface area contributed by atoms with E-state index in [0.717, 1.165) is 34.4 Å². The molecule has 0 radical (unpaired) electrons. The van der Waals surface area contributed by atoms with Crippen molar-refractivity contribution >= 4 is 11.6 Å². The molecule has 0 N–H and O–H groups in total. The standard InChI is InChI=1S/C15H24N2O/c1-6-17(5,7-2)11-14(18)16-15-12(3)9-8-10-13(15)4/h8-10H,6-7,11H2,1-5H3. The molecule has 0 saturated carbocycles. The van der Waals surface area contributed by atoms with Gasteiger partial charge in [-0.1, -0.05) is 18.2 Å². The van der Waals surface area contributed by atoms with E-state index in [1.165, 1.54) is 0 Å². The van der Waals surface area contributed by atoms with Gasteiger partial charge in [-0.2, -0.15) is 0 Å². The van der Waals surface area contributed by atoms with E-state index < -0.39 is 0 Å². The molecule has 1 aromatic carbocycles. The third kappa shape index (κ3) is 3.57. The molecule has 0 aromatic heterocycles. The summed E-state index contributed by atoms with van der Waals surface area (Å²) in [6.45, 7) is 10.6. The minimum atomic E-state index is -0.0291. The van der Waals surface area contributed by atoms with Crippen LogP contribution < -0.4 is 5.11 Å². The molecule has 0 unspecified atom stereocenters. The van der Waals surface area contributed by atoms with Crippen LogP contribution in [0.25, 0.3) is 0 Å². The molecular formula is C15H24N2O. The summed E-state index contributed by atoms with van der Waals surface area (Å²) in [7, 11) is 2.10. The Balaban J connectivity index is 2.96. The summed E-state index contributed by atoms with van der Waals surface area (Å²) < 4.78 is 0.743. The largest absolute Gasteiger partial charge is 0.858 e. The first-order chi connectivity index (χ1) is 8.41. The van der Waals surface area contributed by atoms with E-state index >= 15 is 0 Å². The van der Waals surface area contributed by atoms with Crippen LogP contribution in [0.3, 0.4) is 0 Å². The van der Waals surface area contributed by atoms with E-state index in [-0.39, 0.29) is 5.90 Å². The Morgan fingerprint density at radius 3 is 2.11 bits per heavy atom. The first-order valence-electron chi connectivity index (χ1n) is 6.56. The summed E-state index contributed by atoms with van der Waals surface area (Å²) in [5, 5.41) is 12.1. The predicted molar refractivity (Wildman–Crippen MR) is 75.1 cm³/mol. The lowest BCUT2D eigenvalue weighted by Crippen LogP contribution is -2.49. The molecule has 0 bridgehead atoms. The fraction of sp³-hybridized carbons (Fsp3) is 0.533. The number of nitrogens with zero attached hydrogens (tertiary/aromatic N) is 2. The molecule has 3 nitrogen and oxygen atoms in total. The highest BCUT2D eigenvalue weighted by Gasteiger charge is 2.15. The van der Waals surface area contributed by atoms with E-state index in [0.29, 0.717) is 6.54 Å². The van der Waals surface area contributed by atoms with Crippen molar-refractivity contribution in [2.75, 3.05) is 26.7 Å². The molecule has 100 valence electrons. The molecule has 1 rings (SSSR count). The summed E-state index contributed by atoms with van der Waals surface area (Å²) in [6, 6.07) is 5.98. The van der Waals surface area contributed by atoms with E-state index in [2.05, 4.69) is 25.9 Å². The number of hydrogen-bond acceptors (Lipinski definition) is 2. The molecule has 0 heterocycles. The predicted octanol–water partition coefficient (Wildman–Crippen LogP) is 2.18. The summed E-state index contributed by atoms with van der Waals surface area (Å²) in [6.07, 6.45) is 0. The van der Waals surface area contributed by atoms with E-state index in [9.17, 15) is 5.11 Å². The molecule has 0 aliphatic rings. The van der Waals surface area contributed by atoms with Crippen LogP contribution in [0.2, 0.25) is 0 Å². The molecule has 3 heteroatoms. The first-order valence-corrected chi connectivity index (χ1v) is 6.56. The Hall–Kier alpha value is -1.35. The minimum absolute atomic E-state index is 0.0291. The average Bonchev–Trinajstić information content (AvgIpc) is 2.34. The SMILES string of the molecule is CC[N+](C)(CC)CC([O-])=Nc1c(C)cccc1C. The van der Waals surface area contributed by atoms with Crippen LogP contribution in [-0.2, 0) is 0 Å². The number of hydrogen-bond donors (Lipinski definition) is 0. The Morgan fingerprint density at radius 1 is 1.17 bits per heavy atom. The molecular weight excluding hydrogens is 224 g/mol. The van der Waals surface area contributed by atoms with E-state index in [1.54, 1.807) is 0 Å². The summed E-state index contributed by atoms with van der Waals surface area (Å²) in [4.78, 5) is 4.28. The molecule has 0 aliphatic heterocycles. The van der Waals surface area contributed by atoms with Crippen LogP contribution in [0.5, 0.6) is 0 Å².